The van der Waals surface area contributed by atoms with Gasteiger partial charge in [-0.3, -0.25) is 4.79 Å². The Morgan fingerprint density at radius 1 is 1.04 bits per heavy atom. The second kappa shape index (κ2) is 8.52. The summed E-state index contributed by atoms with van der Waals surface area (Å²) in [6, 6.07) is 16.3. The monoisotopic (exact) mass is 375 g/mol. The molecule has 2 aromatic carbocycles. The summed E-state index contributed by atoms with van der Waals surface area (Å²) in [6.45, 7) is 8.16. The van der Waals surface area contributed by atoms with Gasteiger partial charge in [-0.2, -0.15) is 0 Å². The highest BCUT2D eigenvalue weighted by Crippen LogP contribution is 2.29. The van der Waals surface area contributed by atoms with Gasteiger partial charge in [-0.1, -0.05) is 24.0 Å². The maximum absolute atomic E-state index is 11.8. The summed E-state index contributed by atoms with van der Waals surface area (Å²) in [6.07, 6.45) is 2.91. The van der Waals surface area contributed by atoms with Gasteiger partial charge in [-0.25, -0.2) is 0 Å². The van der Waals surface area contributed by atoms with E-state index in [1.54, 1.807) is 0 Å². The minimum absolute atomic E-state index is 0.152. The van der Waals surface area contributed by atoms with Crippen molar-refractivity contribution in [1.82, 2.24) is 5.32 Å². The molecule has 0 bridgehead atoms. The van der Waals surface area contributed by atoms with Gasteiger partial charge >= 0.3 is 0 Å². The lowest BCUT2D eigenvalue weighted by molar-refractivity contribution is -0.122. The molecule has 1 aliphatic carbocycles. The van der Waals surface area contributed by atoms with Crippen LogP contribution in [-0.4, -0.2) is 17.6 Å². The van der Waals surface area contributed by atoms with Gasteiger partial charge in [0, 0.05) is 23.1 Å². The van der Waals surface area contributed by atoms with Crippen LogP contribution >= 0.6 is 0 Å². The molecule has 0 aromatic heterocycles. The average Bonchev–Trinajstić information content (AvgIpc) is 3.46. The molecule has 1 aliphatic rings. The Kier molecular flexibility index (Phi) is 6.09. The van der Waals surface area contributed by atoms with Gasteiger partial charge in [0.25, 0.3) is 0 Å². The van der Waals surface area contributed by atoms with Crippen molar-refractivity contribution in [2.75, 3.05) is 0 Å². The number of rotatable bonds is 5. The summed E-state index contributed by atoms with van der Waals surface area (Å²) in [5, 5.41) is 3.09. The maximum Gasteiger partial charge on any atom is 0.223 e. The van der Waals surface area contributed by atoms with E-state index in [9.17, 15) is 4.79 Å². The van der Waals surface area contributed by atoms with Crippen LogP contribution < -0.4 is 10.1 Å². The largest absolute Gasteiger partial charge is 0.488 e. The van der Waals surface area contributed by atoms with Crippen LogP contribution in [0.25, 0.3) is 0 Å². The highest BCUT2D eigenvalue weighted by Gasteiger charge is 2.30. The first-order valence-electron chi connectivity index (χ1n) is 9.99. The fourth-order valence-corrected chi connectivity index (χ4v) is 2.94. The van der Waals surface area contributed by atoms with E-state index in [0.717, 1.165) is 36.1 Å². The smallest absolute Gasteiger partial charge is 0.223 e. The average molecular weight is 376 g/mol. The van der Waals surface area contributed by atoms with Crippen molar-refractivity contribution in [3.8, 4) is 17.6 Å². The van der Waals surface area contributed by atoms with Gasteiger partial charge in [-0.15, -0.1) is 0 Å². The van der Waals surface area contributed by atoms with Crippen molar-refractivity contribution in [3.05, 3.63) is 65.2 Å². The Morgan fingerprint density at radius 2 is 1.57 bits per heavy atom. The molecule has 28 heavy (non-hydrogen) atoms. The third-order valence-corrected chi connectivity index (χ3v) is 4.46. The Hall–Kier alpha value is -2.73. The Bertz CT molecular complexity index is 860. The second-order valence-electron chi connectivity index (χ2n) is 8.57. The molecule has 0 spiro atoms. The Balaban J connectivity index is 1.55. The number of amides is 1. The molecule has 146 valence electrons. The number of hydrogen-bond acceptors (Lipinski definition) is 2. The highest BCUT2D eigenvalue weighted by atomic mass is 16.5. The van der Waals surface area contributed by atoms with E-state index in [0.29, 0.717) is 0 Å². The van der Waals surface area contributed by atoms with E-state index in [4.69, 9.17) is 4.74 Å². The maximum atomic E-state index is 11.8. The Morgan fingerprint density at radius 3 is 2.07 bits per heavy atom. The summed E-state index contributed by atoms with van der Waals surface area (Å²) in [7, 11) is 0. The molecule has 0 saturated heterocycles. The molecule has 0 radical (unpaired) electrons. The van der Waals surface area contributed by atoms with Gasteiger partial charge in [-0.05, 0) is 88.9 Å². The van der Waals surface area contributed by atoms with Crippen LogP contribution in [0.2, 0.25) is 0 Å². The van der Waals surface area contributed by atoms with Gasteiger partial charge < -0.3 is 10.1 Å². The first kappa shape index (κ1) is 20.0. The van der Waals surface area contributed by atoms with E-state index < -0.39 is 0 Å². The van der Waals surface area contributed by atoms with Crippen molar-refractivity contribution in [2.45, 2.75) is 58.6 Å². The number of hydrogen-bond donors (Lipinski definition) is 1. The van der Waals surface area contributed by atoms with Crippen LogP contribution in [0.5, 0.6) is 5.75 Å². The minimum Gasteiger partial charge on any atom is -0.488 e. The molecule has 0 aliphatic heterocycles. The Labute approximate surface area is 168 Å². The quantitative estimate of drug-likeness (QED) is 0.768. The van der Waals surface area contributed by atoms with Crippen LogP contribution in [0.4, 0.5) is 0 Å². The number of carbonyl (C=O) groups excluding carboxylic acids is 1. The zero-order valence-corrected chi connectivity index (χ0v) is 17.2. The lowest BCUT2D eigenvalue weighted by Crippen LogP contribution is -2.35. The van der Waals surface area contributed by atoms with E-state index in [1.165, 1.54) is 5.56 Å². The van der Waals surface area contributed by atoms with Crippen molar-refractivity contribution in [1.29, 1.82) is 0 Å². The molecule has 1 fully saturated rings. The summed E-state index contributed by atoms with van der Waals surface area (Å²) in [5.41, 5.74) is 2.95. The van der Waals surface area contributed by atoms with Crippen LogP contribution in [0.1, 0.15) is 57.2 Å². The second-order valence-corrected chi connectivity index (χ2v) is 8.57. The van der Waals surface area contributed by atoms with Crippen molar-refractivity contribution >= 4 is 5.91 Å². The topological polar surface area (TPSA) is 38.3 Å². The molecule has 3 nitrogen and oxygen atoms in total. The van der Waals surface area contributed by atoms with Gasteiger partial charge in [0.15, 0.2) is 0 Å². The third kappa shape index (κ3) is 6.46. The van der Waals surface area contributed by atoms with Crippen LogP contribution in [0, 0.1) is 17.8 Å². The zero-order valence-electron chi connectivity index (χ0n) is 17.2. The standard InChI is InChI=1S/C25H29NO2/c1-18(26-24(27)22-13-14-22)17-21-9-7-19(8-10-21)5-6-20-11-15-23(16-12-20)28-25(2,3)4/h7-12,15-16,18,22H,13-14,17H2,1-4H3,(H,26,27). The highest BCUT2D eigenvalue weighted by molar-refractivity contribution is 5.81. The third-order valence-electron chi connectivity index (χ3n) is 4.46. The predicted molar refractivity (Wildman–Crippen MR) is 113 cm³/mol. The van der Waals surface area contributed by atoms with E-state index in [1.807, 2.05) is 57.2 Å². The molecule has 0 heterocycles. The molecule has 1 unspecified atom stereocenters. The lowest BCUT2D eigenvalue weighted by atomic mass is 10.0. The minimum atomic E-state index is -0.201. The summed E-state index contributed by atoms with van der Waals surface area (Å²) in [4.78, 5) is 11.8. The molecule has 3 heteroatoms. The molecular formula is C25H29NO2. The van der Waals surface area contributed by atoms with Crippen molar-refractivity contribution in [2.24, 2.45) is 5.92 Å². The van der Waals surface area contributed by atoms with Gasteiger partial charge in [0.2, 0.25) is 5.91 Å². The zero-order chi connectivity index (χ0) is 20.1. The fourth-order valence-electron chi connectivity index (χ4n) is 2.94. The summed E-state index contributed by atoms with van der Waals surface area (Å²) in [5.74, 6) is 7.71. The molecule has 1 atom stereocenters. The number of benzene rings is 2. The van der Waals surface area contributed by atoms with Crippen LogP contribution in [-0.2, 0) is 11.2 Å². The van der Waals surface area contributed by atoms with E-state index in [2.05, 4.69) is 36.2 Å². The summed E-state index contributed by atoms with van der Waals surface area (Å²) < 4.78 is 5.83. The van der Waals surface area contributed by atoms with Crippen molar-refractivity contribution in [3.63, 3.8) is 0 Å². The van der Waals surface area contributed by atoms with Gasteiger partial charge in [0.1, 0.15) is 11.4 Å². The van der Waals surface area contributed by atoms with E-state index >= 15 is 0 Å². The van der Waals surface area contributed by atoms with Crippen molar-refractivity contribution < 1.29 is 9.53 Å². The van der Waals surface area contributed by atoms with E-state index in [-0.39, 0.29) is 23.5 Å². The molecule has 1 amide bonds. The number of ether oxygens (including phenoxy) is 1. The predicted octanol–water partition coefficient (Wildman–Crippen LogP) is 4.72. The molecule has 3 rings (SSSR count). The fraction of sp³-hybridized carbons (Fsp3) is 0.400. The molecular weight excluding hydrogens is 346 g/mol. The molecule has 1 saturated carbocycles. The van der Waals surface area contributed by atoms with Gasteiger partial charge in [0.05, 0.1) is 0 Å². The molecule has 2 aromatic rings. The normalized spacial score (nSPS) is 14.6. The number of nitrogens with one attached hydrogen (secondary N) is 1. The number of carbonyl (C=O) groups is 1. The SMILES string of the molecule is CC(Cc1ccc(C#Cc2ccc(OC(C)(C)C)cc2)cc1)NC(=O)C1CC1. The summed E-state index contributed by atoms with van der Waals surface area (Å²) >= 11 is 0. The van der Waals surface area contributed by atoms with Crippen LogP contribution in [0.3, 0.4) is 0 Å². The van der Waals surface area contributed by atoms with Crippen LogP contribution in [0.15, 0.2) is 48.5 Å². The first-order valence-corrected chi connectivity index (χ1v) is 9.99. The molecule has 1 N–H and O–H groups in total. The first-order chi connectivity index (χ1) is 13.3. The lowest BCUT2D eigenvalue weighted by Gasteiger charge is -2.21.